The first-order valence-corrected chi connectivity index (χ1v) is 5.57. The molecule has 0 atom stereocenters. The van der Waals surface area contributed by atoms with Crippen molar-refractivity contribution in [2.24, 2.45) is 0 Å². The van der Waals surface area contributed by atoms with Crippen molar-refractivity contribution in [3.05, 3.63) is 30.2 Å². The van der Waals surface area contributed by atoms with Gasteiger partial charge in [0.1, 0.15) is 5.76 Å². The maximum absolute atomic E-state index is 5.72. The summed E-state index contributed by atoms with van der Waals surface area (Å²) in [6.07, 6.45) is 3.88. The third kappa shape index (κ3) is 2.36. The molecular formula is C13H18N2O. The van der Waals surface area contributed by atoms with E-state index in [0.717, 1.165) is 36.2 Å². The lowest BCUT2D eigenvalue weighted by Crippen LogP contribution is -2.13. The average Bonchev–Trinajstić information content (AvgIpc) is 2.60. The van der Waals surface area contributed by atoms with Gasteiger partial charge in [-0.3, -0.25) is 0 Å². The number of nitrogens with two attached hydrogens (primary N) is 1. The summed E-state index contributed by atoms with van der Waals surface area (Å²) < 4.78 is 5.58. The monoisotopic (exact) mass is 218 g/mol. The number of nitrogens with zero attached hydrogens (tertiary/aromatic N) is 1. The molecule has 3 heteroatoms. The van der Waals surface area contributed by atoms with E-state index < -0.39 is 0 Å². The Hall–Kier alpha value is -1.48. The molecule has 1 heterocycles. The Balaban J connectivity index is 2.13. The number of aryl methyl sites for hydroxylation is 1. The lowest BCUT2D eigenvalue weighted by Gasteiger charge is -2.07. The number of hydrogen-bond donors (Lipinski definition) is 1. The van der Waals surface area contributed by atoms with Crippen molar-refractivity contribution in [2.75, 3.05) is 26.4 Å². The molecule has 0 amide bonds. The second-order valence-electron chi connectivity index (χ2n) is 4.41. The molecule has 0 spiro atoms. The van der Waals surface area contributed by atoms with Crippen LogP contribution in [0.15, 0.2) is 28.9 Å². The summed E-state index contributed by atoms with van der Waals surface area (Å²) in [6.45, 7) is 1.08. The molecule has 2 N–H and O–H groups in total. The van der Waals surface area contributed by atoms with Crippen LogP contribution in [0.5, 0.6) is 0 Å². The van der Waals surface area contributed by atoms with Crippen molar-refractivity contribution in [1.82, 2.24) is 4.90 Å². The van der Waals surface area contributed by atoms with Crippen molar-refractivity contribution in [2.45, 2.75) is 12.8 Å². The Labute approximate surface area is 95.8 Å². The van der Waals surface area contributed by atoms with Gasteiger partial charge in [0, 0.05) is 22.9 Å². The summed E-state index contributed by atoms with van der Waals surface area (Å²) in [5, 5.41) is 2.29. The summed E-state index contributed by atoms with van der Waals surface area (Å²) >= 11 is 0. The molecule has 0 radical (unpaired) electrons. The summed E-state index contributed by atoms with van der Waals surface area (Å²) in [5.41, 5.74) is 6.51. The minimum absolute atomic E-state index is 0.785. The fourth-order valence-corrected chi connectivity index (χ4v) is 1.88. The summed E-state index contributed by atoms with van der Waals surface area (Å²) in [6, 6.07) is 5.92. The van der Waals surface area contributed by atoms with Gasteiger partial charge in [0.05, 0.1) is 6.26 Å². The van der Waals surface area contributed by atoms with Gasteiger partial charge in [-0.05, 0) is 45.3 Å². The third-order valence-electron chi connectivity index (χ3n) is 2.71. The molecule has 0 aliphatic heterocycles. The van der Waals surface area contributed by atoms with Crippen molar-refractivity contribution in [3.8, 4) is 0 Å². The van der Waals surface area contributed by atoms with E-state index >= 15 is 0 Å². The van der Waals surface area contributed by atoms with Crippen LogP contribution < -0.4 is 5.73 Å². The molecule has 0 saturated carbocycles. The highest BCUT2D eigenvalue weighted by Crippen LogP contribution is 2.24. The largest absolute Gasteiger partial charge is 0.468 e. The molecule has 3 nitrogen and oxygen atoms in total. The quantitative estimate of drug-likeness (QED) is 0.802. The first kappa shape index (κ1) is 11.0. The van der Waals surface area contributed by atoms with Gasteiger partial charge in [-0.2, -0.15) is 0 Å². The molecule has 2 rings (SSSR count). The van der Waals surface area contributed by atoms with Crippen molar-refractivity contribution in [3.63, 3.8) is 0 Å². The number of nitrogen functional groups attached to an aromatic ring is 1. The molecule has 0 unspecified atom stereocenters. The highest BCUT2D eigenvalue weighted by atomic mass is 16.3. The number of furan rings is 1. The van der Waals surface area contributed by atoms with E-state index in [0.29, 0.717) is 0 Å². The van der Waals surface area contributed by atoms with Gasteiger partial charge in [0.2, 0.25) is 0 Å². The standard InChI is InChI=1S/C13H18N2O/c1-15(2)7-3-4-13-12-6-5-11(14)8-10(12)9-16-13/h5-6,8-9H,3-4,7,14H2,1-2H3. The van der Waals surface area contributed by atoms with E-state index in [2.05, 4.69) is 19.0 Å². The van der Waals surface area contributed by atoms with Gasteiger partial charge in [0.15, 0.2) is 0 Å². The normalized spacial score (nSPS) is 11.4. The fourth-order valence-electron chi connectivity index (χ4n) is 1.88. The zero-order chi connectivity index (χ0) is 11.5. The van der Waals surface area contributed by atoms with E-state index in [1.165, 1.54) is 5.39 Å². The fraction of sp³-hybridized carbons (Fsp3) is 0.385. The number of fused-ring (bicyclic) bond motifs is 1. The third-order valence-corrected chi connectivity index (χ3v) is 2.71. The zero-order valence-corrected chi connectivity index (χ0v) is 9.86. The zero-order valence-electron chi connectivity index (χ0n) is 9.86. The van der Waals surface area contributed by atoms with Gasteiger partial charge in [-0.25, -0.2) is 0 Å². The topological polar surface area (TPSA) is 42.4 Å². The molecule has 0 bridgehead atoms. The molecule has 0 saturated heterocycles. The molecule has 1 aromatic heterocycles. The first-order chi connectivity index (χ1) is 7.66. The molecule has 0 fully saturated rings. The summed E-state index contributed by atoms with van der Waals surface area (Å²) in [4.78, 5) is 2.18. The highest BCUT2D eigenvalue weighted by molar-refractivity contribution is 5.86. The maximum Gasteiger partial charge on any atom is 0.111 e. The second kappa shape index (κ2) is 4.58. The van der Waals surface area contributed by atoms with Crippen LogP contribution in [0.1, 0.15) is 12.2 Å². The number of hydrogen-bond acceptors (Lipinski definition) is 3. The summed E-state index contributed by atoms with van der Waals surface area (Å²) in [7, 11) is 4.17. The van der Waals surface area contributed by atoms with Gasteiger partial charge in [-0.15, -0.1) is 0 Å². The summed E-state index contributed by atoms with van der Waals surface area (Å²) in [5.74, 6) is 1.07. The van der Waals surface area contributed by atoms with E-state index in [1.54, 1.807) is 6.26 Å². The lowest BCUT2D eigenvalue weighted by atomic mass is 10.1. The van der Waals surface area contributed by atoms with Gasteiger partial charge < -0.3 is 15.1 Å². The Bertz CT molecular complexity index is 474. The molecule has 0 aliphatic carbocycles. The van der Waals surface area contributed by atoms with Crippen LogP contribution >= 0.6 is 0 Å². The van der Waals surface area contributed by atoms with Crippen LogP contribution in [0.3, 0.4) is 0 Å². The Morgan fingerprint density at radius 3 is 2.88 bits per heavy atom. The molecule has 0 aliphatic rings. The van der Waals surface area contributed by atoms with E-state index in [-0.39, 0.29) is 0 Å². The number of benzene rings is 1. The second-order valence-corrected chi connectivity index (χ2v) is 4.41. The first-order valence-electron chi connectivity index (χ1n) is 5.57. The molecule has 86 valence electrons. The SMILES string of the molecule is CN(C)CCCc1occ2cc(N)ccc12. The van der Waals surface area contributed by atoms with E-state index in [1.807, 2.05) is 18.2 Å². The predicted octanol–water partition coefficient (Wildman–Crippen LogP) is 2.51. The minimum Gasteiger partial charge on any atom is -0.468 e. The smallest absolute Gasteiger partial charge is 0.111 e. The Morgan fingerprint density at radius 2 is 2.12 bits per heavy atom. The molecular weight excluding hydrogens is 200 g/mol. The molecule has 1 aromatic carbocycles. The van der Waals surface area contributed by atoms with Crippen molar-refractivity contribution >= 4 is 16.5 Å². The van der Waals surface area contributed by atoms with Crippen molar-refractivity contribution in [1.29, 1.82) is 0 Å². The average molecular weight is 218 g/mol. The van der Waals surface area contributed by atoms with Crippen LogP contribution in [-0.4, -0.2) is 25.5 Å². The maximum atomic E-state index is 5.72. The van der Waals surface area contributed by atoms with E-state index in [9.17, 15) is 0 Å². The number of anilines is 1. The van der Waals surface area contributed by atoms with E-state index in [4.69, 9.17) is 10.2 Å². The Kier molecular flexibility index (Phi) is 3.15. The van der Waals surface area contributed by atoms with Gasteiger partial charge in [-0.1, -0.05) is 0 Å². The van der Waals surface area contributed by atoms with Crippen LogP contribution in [0.2, 0.25) is 0 Å². The Morgan fingerprint density at radius 1 is 1.31 bits per heavy atom. The lowest BCUT2D eigenvalue weighted by molar-refractivity contribution is 0.390. The van der Waals surface area contributed by atoms with Crippen LogP contribution in [0.25, 0.3) is 10.8 Å². The highest BCUT2D eigenvalue weighted by Gasteiger charge is 2.06. The van der Waals surface area contributed by atoms with Crippen LogP contribution in [0, 0.1) is 0 Å². The number of rotatable bonds is 4. The van der Waals surface area contributed by atoms with Gasteiger partial charge >= 0.3 is 0 Å². The molecule has 16 heavy (non-hydrogen) atoms. The minimum atomic E-state index is 0.785. The van der Waals surface area contributed by atoms with Crippen molar-refractivity contribution < 1.29 is 4.42 Å². The van der Waals surface area contributed by atoms with Crippen LogP contribution in [-0.2, 0) is 6.42 Å². The predicted molar refractivity (Wildman–Crippen MR) is 67.5 cm³/mol. The van der Waals surface area contributed by atoms with Gasteiger partial charge in [0.25, 0.3) is 0 Å². The van der Waals surface area contributed by atoms with Crippen LogP contribution in [0.4, 0.5) is 5.69 Å². The molecule has 2 aromatic rings.